The van der Waals surface area contributed by atoms with Gasteiger partial charge in [0.1, 0.15) is 0 Å². The van der Waals surface area contributed by atoms with Crippen molar-refractivity contribution in [2.75, 3.05) is 38.6 Å². The standard InChI is InChI=1S/C22H24N2O2S2/c25-22(16-28-19-8-7-17-4-1-2-5-18(17)14-19)23-15-20(21-6-3-13-27-21)24-9-11-26-12-10-24/h1-8,13-14,20H,9-12,15-16H2,(H,23,25)/t20-/m1/s1. The second-order valence-corrected chi connectivity index (χ2v) is 8.81. The lowest BCUT2D eigenvalue weighted by atomic mass is 10.1. The highest BCUT2D eigenvalue weighted by atomic mass is 32.2. The number of morpholine rings is 1. The highest BCUT2D eigenvalue weighted by Gasteiger charge is 2.23. The first-order valence-corrected chi connectivity index (χ1v) is 11.4. The van der Waals surface area contributed by atoms with Gasteiger partial charge in [-0.1, -0.05) is 36.4 Å². The summed E-state index contributed by atoms with van der Waals surface area (Å²) in [7, 11) is 0. The highest BCUT2D eigenvalue weighted by Crippen LogP contribution is 2.26. The number of thiophene rings is 1. The van der Waals surface area contributed by atoms with Crippen LogP contribution in [0.2, 0.25) is 0 Å². The van der Waals surface area contributed by atoms with Crippen molar-refractivity contribution in [3.8, 4) is 0 Å². The highest BCUT2D eigenvalue weighted by molar-refractivity contribution is 8.00. The number of nitrogens with zero attached hydrogens (tertiary/aromatic N) is 1. The van der Waals surface area contributed by atoms with Crippen molar-refractivity contribution in [2.24, 2.45) is 0 Å². The van der Waals surface area contributed by atoms with Crippen LogP contribution in [-0.4, -0.2) is 49.4 Å². The topological polar surface area (TPSA) is 41.6 Å². The molecular formula is C22H24N2O2S2. The van der Waals surface area contributed by atoms with Gasteiger partial charge in [-0.05, 0) is 34.4 Å². The van der Waals surface area contributed by atoms with Gasteiger partial charge in [0.15, 0.2) is 0 Å². The fraction of sp³-hybridized carbons (Fsp3) is 0.318. The van der Waals surface area contributed by atoms with E-state index in [0.717, 1.165) is 31.2 Å². The quantitative estimate of drug-likeness (QED) is 0.591. The fourth-order valence-corrected chi connectivity index (χ4v) is 5.08. The van der Waals surface area contributed by atoms with Crippen LogP contribution in [0.3, 0.4) is 0 Å². The van der Waals surface area contributed by atoms with Gasteiger partial charge in [-0.25, -0.2) is 0 Å². The van der Waals surface area contributed by atoms with Crippen LogP contribution in [-0.2, 0) is 9.53 Å². The van der Waals surface area contributed by atoms with E-state index in [9.17, 15) is 4.79 Å². The molecule has 0 aliphatic carbocycles. The molecular weight excluding hydrogens is 388 g/mol. The maximum absolute atomic E-state index is 12.5. The van der Waals surface area contributed by atoms with Gasteiger partial charge in [-0.2, -0.15) is 0 Å². The predicted molar refractivity (Wildman–Crippen MR) is 117 cm³/mol. The van der Waals surface area contributed by atoms with Crippen LogP contribution in [0.4, 0.5) is 0 Å². The van der Waals surface area contributed by atoms with Crippen LogP contribution in [0, 0.1) is 0 Å². The third-order valence-corrected chi connectivity index (χ3v) is 6.91. The Morgan fingerprint density at radius 1 is 1.11 bits per heavy atom. The van der Waals surface area contributed by atoms with E-state index in [-0.39, 0.29) is 11.9 Å². The Hall–Kier alpha value is -1.86. The normalized spacial score (nSPS) is 16.1. The lowest BCUT2D eigenvalue weighted by molar-refractivity contribution is -0.118. The molecule has 1 aromatic heterocycles. The first kappa shape index (κ1) is 19.5. The zero-order chi connectivity index (χ0) is 19.2. The van der Waals surface area contributed by atoms with E-state index in [1.165, 1.54) is 15.6 Å². The zero-order valence-corrected chi connectivity index (χ0v) is 17.3. The number of thioether (sulfide) groups is 1. The molecule has 1 N–H and O–H groups in total. The third kappa shape index (κ3) is 4.94. The van der Waals surface area contributed by atoms with Crippen LogP contribution >= 0.6 is 23.1 Å². The van der Waals surface area contributed by atoms with Gasteiger partial charge in [0.25, 0.3) is 0 Å². The van der Waals surface area contributed by atoms with E-state index < -0.39 is 0 Å². The van der Waals surface area contributed by atoms with Crippen LogP contribution < -0.4 is 5.32 Å². The van der Waals surface area contributed by atoms with Crippen molar-refractivity contribution < 1.29 is 9.53 Å². The summed E-state index contributed by atoms with van der Waals surface area (Å²) >= 11 is 3.33. The van der Waals surface area contributed by atoms with Crippen molar-refractivity contribution >= 4 is 39.8 Å². The van der Waals surface area contributed by atoms with E-state index >= 15 is 0 Å². The molecule has 28 heavy (non-hydrogen) atoms. The SMILES string of the molecule is O=C(CSc1ccc2ccccc2c1)NC[C@H](c1cccs1)N1CCOCC1. The summed E-state index contributed by atoms with van der Waals surface area (Å²) in [6, 6.07) is 19.1. The summed E-state index contributed by atoms with van der Waals surface area (Å²) in [4.78, 5) is 17.3. The van der Waals surface area contributed by atoms with E-state index in [1.807, 2.05) is 12.1 Å². The van der Waals surface area contributed by atoms with E-state index in [1.54, 1.807) is 23.1 Å². The first-order valence-electron chi connectivity index (χ1n) is 9.53. The molecule has 0 bridgehead atoms. The predicted octanol–water partition coefficient (Wildman–Crippen LogP) is 4.18. The minimum Gasteiger partial charge on any atom is -0.379 e. The number of carbonyl (C=O) groups excluding carboxylic acids is 1. The molecule has 3 aromatic rings. The van der Waals surface area contributed by atoms with Crippen LogP contribution in [0.1, 0.15) is 10.9 Å². The Balaban J connectivity index is 1.32. The van der Waals surface area contributed by atoms with E-state index in [0.29, 0.717) is 12.3 Å². The van der Waals surface area contributed by atoms with Gasteiger partial charge in [0, 0.05) is 29.4 Å². The number of benzene rings is 2. The minimum absolute atomic E-state index is 0.0768. The monoisotopic (exact) mass is 412 g/mol. The van der Waals surface area contributed by atoms with Crippen molar-refractivity contribution in [3.63, 3.8) is 0 Å². The molecule has 0 saturated carbocycles. The Labute approximate surface area is 173 Å². The molecule has 146 valence electrons. The van der Waals surface area contributed by atoms with E-state index in [2.05, 4.69) is 58.1 Å². The molecule has 0 unspecified atom stereocenters. The Bertz CT molecular complexity index is 908. The molecule has 1 fully saturated rings. The van der Waals surface area contributed by atoms with Gasteiger partial charge in [-0.3, -0.25) is 9.69 Å². The first-order chi connectivity index (χ1) is 13.8. The van der Waals surface area contributed by atoms with Gasteiger partial charge in [-0.15, -0.1) is 23.1 Å². The second-order valence-electron chi connectivity index (χ2n) is 6.78. The van der Waals surface area contributed by atoms with Crippen LogP contribution in [0.5, 0.6) is 0 Å². The molecule has 4 nitrogen and oxygen atoms in total. The molecule has 2 aromatic carbocycles. The lowest BCUT2D eigenvalue weighted by Gasteiger charge is -2.34. The largest absolute Gasteiger partial charge is 0.379 e. The van der Waals surface area contributed by atoms with E-state index in [4.69, 9.17) is 4.74 Å². The Morgan fingerprint density at radius 2 is 1.93 bits per heavy atom. The molecule has 1 aliphatic rings. The van der Waals surface area contributed by atoms with Gasteiger partial charge >= 0.3 is 0 Å². The maximum Gasteiger partial charge on any atom is 0.230 e. The molecule has 1 aliphatic heterocycles. The van der Waals surface area contributed by atoms with Crippen molar-refractivity contribution in [2.45, 2.75) is 10.9 Å². The van der Waals surface area contributed by atoms with Crippen molar-refractivity contribution in [3.05, 3.63) is 64.9 Å². The van der Waals surface area contributed by atoms with Crippen LogP contribution in [0.15, 0.2) is 64.9 Å². The number of hydrogen-bond acceptors (Lipinski definition) is 5. The fourth-order valence-electron chi connectivity index (χ4n) is 3.45. The molecule has 2 heterocycles. The summed E-state index contributed by atoms with van der Waals surface area (Å²) in [5.74, 6) is 0.506. The van der Waals surface area contributed by atoms with Gasteiger partial charge < -0.3 is 10.1 Å². The molecule has 6 heteroatoms. The molecule has 4 rings (SSSR count). The summed E-state index contributed by atoms with van der Waals surface area (Å²) in [5.41, 5.74) is 0. The van der Waals surface area contributed by atoms with Crippen LogP contribution in [0.25, 0.3) is 10.8 Å². The Morgan fingerprint density at radius 3 is 2.71 bits per heavy atom. The number of rotatable bonds is 7. The zero-order valence-electron chi connectivity index (χ0n) is 15.7. The number of ether oxygens (including phenoxy) is 1. The number of amides is 1. The second kappa shape index (κ2) is 9.56. The van der Waals surface area contributed by atoms with Gasteiger partial charge in [0.2, 0.25) is 5.91 Å². The molecule has 0 radical (unpaired) electrons. The smallest absolute Gasteiger partial charge is 0.230 e. The minimum atomic E-state index is 0.0768. The van der Waals surface area contributed by atoms with Crippen molar-refractivity contribution in [1.29, 1.82) is 0 Å². The maximum atomic E-state index is 12.5. The number of nitrogens with one attached hydrogen (secondary N) is 1. The number of hydrogen-bond donors (Lipinski definition) is 1. The lowest BCUT2D eigenvalue weighted by Crippen LogP contribution is -2.43. The van der Waals surface area contributed by atoms with Crippen molar-refractivity contribution in [1.82, 2.24) is 10.2 Å². The average molecular weight is 413 g/mol. The average Bonchev–Trinajstić information content (AvgIpc) is 3.27. The Kier molecular flexibility index (Phi) is 6.65. The third-order valence-electron chi connectivity index (χ3n) is 4.94. The summed E-state index contributed by atoms with van der Waals surface area (Å²) in [6.45, 7) is 3.97. The number of carbonyl (C=O) groups is 1. The summed E-state index contributed by atoms with van der Waals surface area (Å²) in [5, 5.41) is 7.67. The molecule has 1 saturated heterocycles. The molecule has 1 atom stereocenters. The summed E-state index contributed by atoms with van der Waals surface area (Å²) in [6.07, 6.45) is 0. The molecule has 1 amide bonds. The van der Waals surface area contributed by atoms with Gasteiger partial charge in [0.05, 0.1) is 25.0 Å². The number of fused-ring (bicyclic) bond motifs is 1. The molecule has 0 spiro atoms. The summed E-state index contributed by atoms with van der Waals surface area (Å²) < 4.78 is 5.48.